The Morgan fingerprint density at radius 1 is 1.00 bits per heavy atom. The van der Waals surface area contributed by atoms with Crippen LogP contribution in [0.25, 0.3) is 0 Å². The van der Waals surface area contributed by atoms with Gasteiger partial charge in [-0.1, -0.05) is 55.8 Å². The molecule has 2 N–H and O–H groups in total. The molecule has 0 aliphatic heterocycles. The highest BCUT2D eigenvalue weighted by Gasteiger charge is 2.09. The standard InChI is InChI=1S/C24H25N3O2S/c1-3-7-22-15-20(16-30-22)24(29)27-26-17(2)19-10-12-21(13-11-19)25-23(28)14-18-8-5-4-6-9-18/h4-6,8-13,15-16H,3,7,14H2,1-2H3,(H,25,28)(H,27,29). The zero-order valence-electron chi connectivity index (χ0n) is 17.1. The second-order valence-corrected chi connectivity index (χ2v) is 7.97. The summed E-state index contributed by atoms with van der Waals surface area (Å²) in [5.41, 5.74) is 6.50. The van der Waals surface area contributed by atoms with Gasteiger partial charge in [-0.05, 0) is 42.7 Å². The van der Waals surface area contributed by atoms with E-state index in [0.717, 1.165) is 29.7 Å². The van der Waals surface area contributed by atoms with Crippen molar-refractivity contribution in [3.05, 3.63) is 87.6 Å². The third-order valence-corrected chi connectivity index (χ3v) is 5.53. The predicted molar refractivity (Wildman–Crippen MR) is 123 cm³/mol. The smallest absolute Gasteiger partial charge is 0.272 e. The lowest BCUT2D eigenvalue weighted by molar-refractivity contribution is -0.115. The Morgan fingerprint density at radius 3 is 2.43 bits per heavy atom. The summed E-state index contributed by atoms with van der Waals surface area (Å²) in [6.45, 7) is 3.95. The van der Waals surface area contributed by atoms with E-state index in [-0.39, 0.29) is 11.8 Å². The largest absolute Gasteiger partial charge is 0.326 e. The first kappa shape index (κ1) is 21.5. The zero-order valence-corrected chi connectivity index (χ0v) is 18.0. The van der Waals surface area contributed by atoms with Crippen LogP contribution in [0, 0.1) is 0 Å². The van der Waals surface area contributed by atoms with Gasteiger partial charge in [-0.3, -0.25) is 9.59 Å². The molecule has 154 valence electrons. The van der Waals surface area contributed by atoms with E-state index in [1.54, 1.807) is 11.3 Å². The maximum atomic E-state index is 12.3. The molecular weight excluding hydrogens is 394 g/mol. The van der Waals surface area contributed by atoms with Crippen LogP contribution in [-0.4, -0.2) is 17.5 Å². The number of nitrogens with one attached hydrogen (secondary N) is 2. The van der Waals surface area contributed by atoms with Crippen LogP contribution in [-0.2, 0) is 17.6 Å². The molecule has 2 aromatic carbocycles. The number of hydrazone groups is 1. The molecule has 0 spiro atoms. The highest BCUT2D eigenvalue weighted by molar-refractivity contribution is 7.10. The van der Waals surface area contributed by atoms with Gasteiger partial charge in [-0.2, -0.15) is 5.10 Å². The summed E-state index contributed by atoms with van der Waals surface area (Å²) in [4.78, 5) is 25.6. The molecule has 0 radical (unpaired) electrons. The van der Waals surface area contributed by atoms with Gasteiger partial charge in [0.05, 0.1) is 17.7 Å². The van der Waals surface area contributed by atoms with Gasteiger partial charge < -0.3 is 5.32 Å². The highest BCUT2D eigenvalue weighted by atomic mass is 32.1. The number of aryl methyl sites for hydroxylation is 1. The maximum absolute atomic E-state index is 12.3. The first-order valence-corrected chi connectivity index (χ1v) is 10.8. The zero-order chi connectivity index (χ0) is 21.3. The van der Waals surface area contributed by atoms with E-state index in [1.165, 1.54) is 4.88 Å². The first-order valence-electron chi connectivity index (χ1n) is 9.91. The van der Waals surface area contributed by atoms with Gasteiger partial charge >= 0.3 is 0 Å². The fourth-order valence-corrected chi connectivity index (χ4v) is 3.89. The molecule has 2 amide bonds. The Kier molecular flexibility index (Phi) is 7.51. The van der Waals surface area contributed by atoms with E-state index in [1.807, 2.05) is 73.0 Å². The van der Waals surface area contributed by atoms with Crippen molar-refractivity contribution in [1.82, 2.24) is 5.43 Å². The van der Waals surface area contributed by atoms with Crippen LogP contribution in [0.1, 0.15) is 46.6 Å². The molecule has 0 fully saturated rings. The Morgan fingerprint density at radius 2 is 1.73 bits per heavy atom. The fraction of sp³-hybridized carbons (Fsp3) is 0.208. The Labute approximate surface area is 180 Å². The normalized spacial score (nSPS) is 11.2. The fourth-order valence-electron chi connectivity index (χ4n) is 2.92. The molecule has 0 bridgehead atoms. The van der Waals surface area contributed by atoms with Crippen molar-refractivity contribution >= 4 is 34.6 Å². The van der Waals surface area contributed by atoms with Crippen LogP contribution in [0.3, 0.4) is 0 Å². The summed E-state index contributed by atoms with van der Waals surface area (Å²) >= 11 is 1.60. The van der Waals surface area contributed by atoms with E-state index >= 15 is 0 Å². The van der Waals surface area contributed by atoms with Crippen molar-refractivity contribution in [2.75, 3.05) is 5.32 Å². The number of carbonyl (C=O) groups is 2. The third kappa shape index (κ3) is 6.12. The van der Waals surface area contributed by atoms with Gasteiger partial charge in [0.15, 0.2) is 0 Å². The van der Waals surface area contributed by atoms with Gasteiger partial charge in [-0.15, -0.1) is 11.3 Å². The lowest BCUT2D eigenvalue weighted by atomic mass is 10.1. The molecule has 0 aliphatic rings. The van der Waals surface area contributed by atoms with E-state index < -0.39 is 0 Å². The molecule has 3 rings (SSSR count). The van der Waals surface area contributed by atoms with Gasteiger partial charge in [0.25, 0.3) is 5.91 Å². The number of nitrogens with zero attached hydrogens (tertiary/aromatic N) is 1. The number of anilines is 1. The molecule has 5 nitrogen and oxygen atoms in total. The minimum absolute atomic E-state index is 0.0650. The third-order valence-electron chi connectivity index (χ3n) is 4.53. The molecule has 1 heterocycles. The summed E-state index contributed by atoms with van der Waals surface area (Å²) in [5.74, 6) is -0.275. The average molecular weight is 420 g/mol. The molecule has 3 aromatic rings. The topological polar surface area (TPSA) is 70.6 Å². The van der Waals surface area contributed by atoms with Crippen LogP contribution >= 0.6 is 11.3 Å². The summed E-state index contributed by atoms with van der Waals surface area (Å²) in [7, 11) is 0. The van der Waals surface area contributed by atoms with Gasteiger partial charge in [-0.25, -0.2) is 5.43 Å². The molecule has 30 heavy (non-hydrogen) atoms. The predicted octanol–water partition coefficient (Wildman–Crippen LogP) is 5.04. The van der Waals surface area contributed by atoms with Crippen LogP contribution in [0.2, 0.25) is 0 Å². The Balaban J connectivity index is 1.55. The second-order valence-electron chi connectivity index (χ2n) is 6.98. The molecule has 0 saturated carbocycles. The van der Waals surface area contributed by atoms with Crippen LogP contribution in [0.15, 0.2) is 71.1 Å². The molecule has 0 saturated heterocycles. The summed E-state index contributed by atoms with van der Waals surface area (Å²) in [5, 5.41) is 8.96. The van der Waals surface area contributed by atoms with Crippen LogP contribution in [0.4, 0.5) is 5.69 Å². The summed E-state index contributed by atoms with van der Waals surface area (Å²) < 4.78 is 0. The van der Waals surface area contributed by atoms with Crippen molar-refractivity contribution in [2.24, 2.45) is 5.10 Å². The number of benzene rings is 2. The van der Waals surface area contributed by atoms with Crippen LogP contribution in [0.5, 0.6) is 0 Å². The maximum Gasteiger partial charge on any atom is 0.272 e. The molecule has 0 aliphatic carbocycles. The number of amides is 2. The molecule has 0 atom stereocenters. The molecule has 1 aromatic heterocycles. The molecule has 6 heteroatoms. The number of hydrogen-bond acceptors (Lipinski definition) is 4. The number of rotatable bonds is 8. The van der Waals surface area contributed by atoms with Crippen LogP contribution < -0.4 is 10.7 Å². The SMILES string of the molecule is CCCc1cc(C(=O)NN=C(C)c2ccc(NC(=O)Cc3ccccc3)cc2)cs1. The average Bonchev–Trinajstić information content (AvgIpc) is 3.22. The summed E-state index contributed by atoms with van der Waals surface area (Å²) in [6, 6.07) is 18.9. The minimum atomic E-state index is -0.210. The second kappa shape index (κ2) is 10.5. The van der Waals surface area contributed by atoms with Gasteiger partial charge in [0.1, 0.15) is 0 Å². The van der Waals surface area contributed by atoms with E-state index in [9.17, 15) is 9.59 Å². The molecular formula is C24H25N3O2S. The highest BCUT2D eigenvalue weighted by Crippen LogP contribution is 2.16. The Bertz CT molecular complexity index is 1020. The van der Waals surface area contributed by atoms with Crippen molar-refractivity contribution in [3.8, 4) is 0 Å². The quantitative estimate of drug-likeness (QED) is 0.397. The van der Waals surface area contributed by atoms with Crippen molar-refractivity contribution in [1.29, 1.82) is 0 Å². The van der Waals surface area contributed by atoms with Gasteiger partial charge in [0, 0.05) is 15.9 Å². The Hall–Kier alpha value is -3.25. The number of thiophene rings is 1. The van der Waals surface area contributed by atoms with E-state index in [0.29, 0.717) is 17.7 Å². The minimum Gasteiger partial charge on any atom is -0.326 e. The molecule has 0 unspecified atom stereocenters. The van der Waals surface area contributed by atoms with E-state index in [2.05, 4.69) is 22.8 Å². The van der Waals surface area contributed by atoms with Crippen molar-refractivity contribution in [2.45, 2.75) is 33.1 Å². The first-order chi connectivity index (χ1) is 14.5. The lowest BCUT2D eigenvalue weighted by Crippen LogP contribution is -2.18. The number of hydrogen-bond donors (Lipinski definition) is 2. The monoisotopic (exact) mass is 419 g/mol. The van der Waals surface area contributed by atoms with Crippen molar-refractivity contribution < 1.29 is 9.59 Å². The van der Waals surface area contributed by atoms with Crippen molar-refractivity contribution in [3.63, 3.8) is 0 Å². The number of carbonyl (C=O) groups excluding carboxylic acids is 2. The van der Waals surface area contributed by atoms with Gasteiger partial charge in [0.2, 0.25) is 5.91 Å². The summed E-state index contributed by atoms with van der Waals surface area (Å²) in [6.07, 6.45) is 2.37. The lowest BCUT2D eigenvalue weighted by Gasteiger charge is -2.07. The van der Waals surface area contributed by atoms with E-state index in [4.69, 9.17) is 0 Å².